The Morgan fingerprint density at radius 3 is 2.78 bits per heavy atom. The monoisotopic (exact) mass is 121 g/mol. The van der Waals surface area contributed by atoms with Crippen molar-refractivity contribution < 1.29 is 0 Å². The SMILES string of the molecule is CC1=C(C2CC2)[N]N=C1. The van der Waals surface area contributed by atoms with E-state index in [2.05, 4.69) is 17.5 Å². The molecule has 0 atom stereocenters. The zero-order valence-electron chi connectivity index (χ0n) is 5.46. The summed E-state index contributed by atoms with van der Waals surface area (Å²) in [4.78, 5) is 0. The minimum absolute atomic E-state index is 0.757. The van der Waals surface area contributed by atoms with E-state index in [0.29, 0.717) is 0 Å². The predicted molar refractivity (Wildman–Crippen MR) is 36.0 cm³/mol. The summed E-state index contributed by atoms with van der Waals surface area (Å²) < 4.78 is 0. The summed E-state index contributed by atoms with van der Waals surface area (Å²) in [7, 11) is 0. The average molecular weight is 121 g/mol. The van der Waals surface area contributed by atoms with Gasteiger partial charge in [-0.3, -0.25) is 0 Å². The Kier molecular flexibility index (Phi) is 0.891. The standard InChI is InChI=1S/C7H9N2/c1-5-4-8-9-7(5)6-2-3-6/h4,6H,2-3H2,1H3. The molecule has 0 aromatic heterocycles. The van der Waals surface area contributed by atoms with E-state index in [1.165, 1.54) is 24.1 Å². The molecule has 0 aromatic carbocycles. The molecule has 0 aromatic rings. The van der Waals surface area contributed by atoms with E-state index in [9.17, 15) is 0 Å². The van der Waals surface area contributed by atoms with Gasteiger partial charge >= 0.3 is 0 Å². The van der Waals surface area contributed by atoms with Gasteiger partial charge in [-0.05, 0) is 25.3 Å². The van der Waals surface area contributed by atoms with Crippen molar-refractivity contribution in [2.45, 2.75) is 19.8 Å². The van der Waals surface area contributed by atoms with Gasteiger partial charge in [-0.15, -0.1) is 0 Å². The first-order valence-electron chi connectivity index (χ1n) is 3.33. The van der Waals surface area contributed by atoms with Crippen molar-refractivity contribution in [3.63, 3.8) is 0 Å². The van der Waals surface area contributed by atoms with Gasteiger partial charge in [0, 0.05) is 5.92 Å². The lowest BCUT2D eigenvalue weighted by molar-refractivity contribution is 0.791. The summed E-state index contributed by atoms with van der Waals surface area (Å²) in [5, 5.41) is 3.83. The van der Waals surface area contributed by atoms with Gasteiger partial charge in [0.05, 0.1) is 11.9 Å². The molecule has 1 aliphatic heterocycles. The molecular weight excluding hydrogens is 112 g/mol. The topological polar surface area (TPSA) is 26.5 Å². The number of nitrogens with zero attached hydrogens (tertiary/aromatic N) is 2. The summed E-state index contributed by atoms with van der Waals surface area (Å²) in [6, 6.07) is 0. The van der Waals surface area contributed by atoms with Crippen LogP contribution in [0.2, 0.25) is 0 Å². The quantitative estimate of drug-likeness (QED) is 0.499. The molecule has 0 unspecified atom stereocenters. The maximum absolute atomic E-state index is 4.03. The molecule has 0 bridgehead atoms. The molecule has 1 fully saturated rings. The van der Waals surface area contributed by atoms with Gasteiger partial charge < -0.3 is 0 Å². The zero-order valence-corrected chi connectivity index (χ0v) is 5.46. The Bertz CT molecular complexity index is 187. The lowest BCUT2D eigenvalue weighted by Crippen LogP contribution is -1.94. The van der Waals surface area contributed by atoms with Crippen LogP contribution in [0.5, 0.6) is 0 Å². The van der Waals surface area contributed by atoms with E-state index in [1.54, 1.807) is 0 Å². The van der Waals surface area contributed by atoms with Crippen LogP contribution in [-0.2, 0) is 0 Å². The maximum Gasteiger partial charge on any atom is 0.0706 e. The Morgan fingerprint density at radius 2 is 2.33 bits per heavy atom. The van der Waals surface area contributed by atoms with Gasteiger partial charge in [-0.1, -0.05) is 0 Å². The van der Waals surface area contributed by atoms with Crippen LogP contribution in [0.3, 0.4) is 0 Å². The van der Waals surface area contributed by atoms with Crippen molar-refractivity contribution in [3.8, 4) is 0 Å². The van der Waals surface area contributed by atoms with Crippen molar-refractivity contribution in [1.29, 1.82) is 0 Å². The van der Waals surface area contributed by atoms with Crippen molar-refractivity contribution >= 4 is 6.21 Å². The van der Waals surface area contributed by atoms with Crippen LogP contribution in [0, 0.1) is 5.92 Å². The largest absolute Gasteiger partial charge is 0.159 e. The van der Waals surface area contributed by atoms with Crippen LogP contribution in [0.4, 0.5) is 0 Å². The third-order valence-corrected chi connectivity index (χ3v) is 1.78. The highest BCUT2D eigenvalue weighted by Gasteiger charge is 2.29. The summed E-state index contributed by atoms with van der Waals surface area (Å²) in [5.74, 6) is 0.757. The van der Waals surface area contributed by atoms with Gasteiger partial charge in [0.25, 0.3) is 0 Å². The average Bonchev–Trinajstić information content (AvgIpc) is 2.58. The molecule has 0 spiro atoms. The lowest BCUT2D eigenvalue weighted by atomic mass is 10.2. The van der Waals surface area contributed by atoms with Gasteiger partial charge in [0.15, 0.2) is 0 Å². The van der Waals surface area contributed by atoms with E-state index >= 15 is 0 Å². The first-order chi connectivity index (χ1) is 4.38. The highest BCUT2D eigenvalue weighted by molar-refractivity contribution is 5.80. The molecule has 0 saturated heterocycles. The molecule has 1 radical (unpaired) electrons. The second-order valence-corrected chi connectivity index (χ2v) is 2.69. The van der Waals surface area contributed by atoms with Crippen LogP contribution in [0.1, 0.15) is 19.8 Å². The summed E-state index contributed by atoms with van der Waals surface area (Å²) in [6.45, 7) is 2.08. The van der Waals surface area contributed by atoms with Gasteiger partial charge in [0.2, 0.25) is 0 Å². The first kappa shape index (κ1) is 5.03. The third-order valence-electron chi connectivity index (χ3n) is 1.78. The normalized spacial score (nSPS) is 25.0. The molecule has 1 heterocycles. The van der Waals surface area contributed by atoms with Crippen LogP contribution in [-0.4, -0.2) is 6.21 Å². The fourth-order valence-electron chi connectivity index (χ4n) is 1.08. The number of hydrogen-bond donors (Lipinski definition) is 0. The Balaban J connectivity index is 2.19. The second kappa shape index (κ2) is 1.59. The van der Waals surface area contributed by atoms with E-state index in [0.717, 1.165) is 5.92 Å². The molecule has 1 aliphatic carbocycles. The minimum Gasteiger partial charge on any atom is -0.159 e. The highest BCUT2D eigenvalue weighted by Crippen LogP contribution is 2.37. The summed E-state index contributed by atoms with van der Waals surface area (Å²) >= 11 is 0. The second-order valence-electron chi connectivity index (χ2n) is 2.69. The van der Waals surface area contributed by atoms with E-state index in [1.807, 2.05) is 6.21 Å². The zero-order chi connectivity index (χ0) is 6.27. The lowest BCUT2D eigenvalue weighted by Gasteiger charge is -1.94. The molecule has 9 heavy (non-hydrogen) atoms. The van der Waals surface area contributed by atoms with Crippen molar-refractivity contribution in [1.82, 2.24) is 5.43 Å². The fraction of sp³-hybridized carbons (Fsp3) is 0.571. The van der Waals surface area contributed by atoms with Gasteiger partial charge in [-0.2, -0.15) is 10.5 Å². The van der Waals surface area contributed by atoms with Crippen molar-refractivity contribution in [2.75, 3.05) is 0 Å². The predicted octanol–water partition coefficient (Wildman–Crippen LogP) is 1.27. The Labute approximate surface area is 54.6 Å². The molecule has 2 rings (SSSR count). The van der Waals surface area contributed by atoms with Crippen LogP contribution < -0.4 is 5.43 Å². The number of rotatable bonds is 1. The molecule has 47 valence electrons. The first-order valence-corrected chi connectivity index (χ1v) is 3.33. The summed E-state index contributed by atoms with van der Waals surface area (Å²) in [6.07, 6.45) is 4.48. The molecule has 0 N–H and O–H groups in total. The smallest absolute Gasteiger partial charge is 0.0706 e. The van der Waals surface area contributed by atoms with Gasteiger partial charge in [0.1, 0.15) is 0 Å². The molecule has 1 saturated carbocycles. The molecule has 2 heteroatoms. The Hall–Kier alpha value is -0.790. The molecule has 2 nitrogen and oxygen atoms in total. The van der Waals surface area contributed by atoms with E-state index in [4.69, 9.17) is 0 Å². The minimum atomic E-state index is 0.757. The molecule has 2 aliphatic rings. The fourth-order valence-corrected chi connectivity index (χ4v) is 1.08. The molecular formula is C7H9N2. The van der Waals surface area contributed by atoms with Gasteiger partial charge in [-0.25, -0.2) is 0 Å². The number of allylic oxidation sites excluding steroid dienone is 2. The van der Waals surface area contributed by atoms with Crippen molar-refractivity contribution in [3.05, 3.63) is 11.3 Å². The highest BCUT2D eigenvalue weighted by atomic mass is 15.3. The molecule has 0 amide bonds. The Morgan fingerprint density at radius 1 is 1.56 bits per heavy atom. The van der Waals surface area contributed by atoms with E-state index in [-0.39, 0.29) is 0 Å². The number of hydrogen-bond acceptors (Lipinski definition) is 1. The van der Waals surface area contributed by atoms with Crippen LogP contribution >= 0.6 is 0 Å². The van der Waals surface area contributed by atoms with Crippen LogP contribution in [0.25, 0.3) is 0 Å². The summed E-state index contributed by atoms with van der Waals surface area (Å²) in [5.41, 5.74) is 6.52. The van der Waals surface area contributed by atoms with Crippen molar-refractivity contribution in [2.24, 2.45) is 11.0 Å². The third kappa shape index (κ3) is 0.745. The van der Waals surface area contributed by atoms with E-state index < -0.39 is 0 Å². The maximum atomic E-state index is 4.03. The van der Waals surface area contributed by atoms with Crippen LogP contribution in [0.15, 0.2) is 16.4 Å².